The average Bonchev–Trinajstić information content (AvgIpc) is 3.11. The molecule has 1 N–H and O–H groups in total. The summed E-state index contributed by atoms with van der Waals surface area (Å²) in [7, 11) is 0. The van der Waals surface area contributed by atoms with E-state index in [2.05, 4.69) is 22.2 Å². The van der Waals surface area contributed by atoms with Gasteiger partial charge in [0.05, 0.1) is 6.61 Å². The van der Waals surface area contributed by atoms with Gasteiger partial charge in [-0.15, -0.1) is 0 Å². The van der Waals surface area contributed by atoms with Crippen LogP contribution in [0.3, 0.4) is 0 Å². The van der Waals surface area contributed by atoms with Crippen LogP contribution in [0, 0.1) is 0 Å². The zero-order chi connectivity index (χ0) is 17.2. The molecule has 134 valence electrons. The van der Waals surface area contributed by atoms with Gasteiger partial charge in [-0.3, -0.25) is 9.67 Å². The predicted octanol–water partition coefficient (Wildman–Crippen LogP) is 1.01. The van der Waals surface area contributed by atoms with Crippen molar-refractivity contribution in [2.75, 3.05) is 45.9 Å². The SMILES string of the molecule is CCNC(=NCCCn1cccn1)N1CCN(C(=O)OCC)CC1. The van der Waals surface area contributed by atoms with Gasteiger partial charge in [0.2, 0.25) is 0 Å². The van der Waals surface area contributed by atoms with Crippen molar-refractivity contribution < 1.29 is 9.53 Å². The Morgan fingerprint density at radius 1 is 1.25 bits per heavy atom. The van der Waals surface area contributed by atoms with Gasteiger partial charge in [-0.1, -0.05) is 0 Å². The maximum atomic E-state index is 11.8. The average molecular weight is 336 g/mol. The third kappa shape index (κ3) is 5.43. The summed E-state index contributed by atoms with van der Waals surface area (Å²) in [6, 6.07) is 1.93. The van der Waals surface area contributed by atoms with E-state index < -0.39 is 0 Å². The van der Waals surface area contributed by atoms with Crippen molar-refractivity contribution in [2.45, 2.75) is 26.8 Å². The highest BCUT2D eigenvalue weighted by Gasteiger charge is 2.23. The summed E-state index contributed by atoms with van der Waals surface area (Å²) in [6.07, 6.45) is 4.47. The molecule has 8 nitrogen and oxygen atoms in total. The number of nitrogens with one attached hydrogen (secondary N) is 1. The molecule has 0 spiro atoms. The molecular weight excluding hydrogens is 308 g/mol. The Morgan fingerprint density at radius 3 is 2.62 bits per heavy atom. The lowest BCUT2D eigenvalue weighted by molar-refractivity contribution is 0.0914. The monoisotopic (exact) mass is 336 g/mol. The number of amides is 1. The summed E-state index contributed by atoms with van der Waals surface area (Å²) in [5, 5.41) is 7.53. The second-order valence-corrected chi connectivity index (χ2v) is 5.53. The number of aryl methyl sites for hydroxylation is 1. The van der Waals surface area contributed by atoms with E-state index in [4.69, 9.17) is 9.73 Å². The van der Waals surface area contributed by atoms with Crippen molar-refractivity contribution in [2.24, 2.45) is 4.99 Å². The molecule has 1 aliphatic rings. The molecule has 1 fully saturated rings. The number of aliphatic imine (C=N–C) groups is 1. The Labute approximate surface area is 143 Å². The third-order valence-electron chi connectivity index (χ3n) is 3.81. The molecule has 0 saturated carbocycles. The minimum absolute atomic E-state index is 0.224. The number of aromatic nitrogens is 2. The maximum Gasteiger partial charge on any atom is 0.409 e. The lowest BCUT2D eigenvalue weighted by atomic mass is 10.3. The lowest BCUT2D eigenvalue weighted by Gasteiger charge is -2.35. The van der Waals surface area contributed by atoms with Crippen molar-refractivity contribution >= 4 is 12.1 Å². The number of rotatable bonds is 6. The fourth-order valence-electron chi connectivity index (χ4n) is 2.59. The van der Waals surface area contributed by atoms with Crippen LogP contribution in [0.1, 0.15) is 20.3 Å². The fraction of sp³-hybridized carbons (Fsp3) is 0.688. The van der Waals surface area contributed by atoms with Gasteiger partial charge in [0.15, 0.2) is 5.96 Å². The zero-order valence-corrected chi connectivity index (χ0v) is 14.6. The molecule has 0 aromatic carbocycles. The maximum absolute atomic E-state index is 11.8. The Kier molecular flexibility index (Phi) is 7.38. The molecule has 1 aromatic rings. The molecule has 1 aliphatic heterocycles. The van der Waals surface area contributed by atoms with E-state index in [1.807, 2.05) is 23.9 Å². The van der Waals surface area contributed by atoms with Crippen LogP contribution in [0.5, 0.6) is 0 Å². The number of guanidine groups is 1. The molecule has 0 aliphatic carbocycles. The summed E-state index contributed by atoms with van der Waals surface area (Å²) in [5.41, 5.74) is 0. The molecule has 1 amide bonds. The van der Waals surface area contributed by atoms with E-state index in [1.165, 1.54) is 0 Å². The van der Waals surface area contributed by atoms with Crippen molar-refractivity contribution in [3.8, 4) is 0 Å². The Bertz CT molecular complexity index is 509. The van der Waals surface area contributed by atoms with Gasteiger partial charge in [-0.05, 0) is 26.3 Å². The molecule has 24 heavy (non-hydrogen) atoms. The van der Waals surface area contributed by atoms with Gasteiger partial charge in [0, 0.05) is 58.2 Å². The summed E-state index contributed by atoms with van der Waals surface area (Å²) >= 11 is 0. The first-order valence-electron chi connectivity index (χ1n) is 8.67. The highest BCUT2D eigenvalue weighted by Crippen LogP contribution is 2.05. The lowest BCUT2D eigenvalue weighted by Crippen LogP contribution is -2.53. The van der Waals surface area contributed by atoms with Crippen LogP contribution in [-0.4, -0.2) is 77.5 Å². The predicted molar refractivity (Wildman–Crippen MR) is 93.0 cm³/mol. The Morgan fingerprint density at radius 2 is 2.00 bits per heavy atom. The molecule has 1 aromatic heterocycles. The topological polar surface area (TPSA) is 75.0 Å². The second kappa shape index (κ2) is 9.79. The van der Waals surface area contributed by atoms with Gasteiger partial charge in [0.25, 0.3) is 0 Å². The molecule has 1 saturated heterocycles. The normalized spacial score (nSPS) is 15.5. The van der Waals surface area contributed by atoms with Gasteiger partial charge < -0.3 is 19.9 Å². The van der Waals surface area contributed by atoms with E-state index >= 15 is 0 Å². The number of carbonyl (C=O) groups is 1. The quantitative estimate of drug-likeness (QED) is 0.477. The second-order valence-electron chi connectivity index (χ2n) is 5.53. The standard InChI is InChI=1S/C16H28N6O2/c1-3-17-15(18-7-5-9-22-10-6-8-19-22)20-11-13-21(14-12-20)16(23)24-4-2/h6,8,10H,3-5,7,9,11-14H2,1-2H3,(H,17,18). The van der Waals surface area contributed by atoms with Crippen molar-refractivity contribution in [1.29, 1.82) is 0 Å². The zero-order valence-electron chi connectivity index (χ0n) is 14.6. The van der Waals surface area contributed by atoms with E-state index in [0.717, 1.165) is 45.1 Å². The highest BCUT2D eigenvalue weighted by molar-refractivity contribution is 5.80. The van der Waals surface area contributed by atoms with E-state index in [1.54, 1.807) is 11.1 Å². The molecule has 2 rings (SSSR count). The molecule has 8 heteroatoms. The summed E-state index contributed by atoms with van der Waals surface area (Å²) in [6.45, 7) is 9.62. The van der Waals surface area contributed by atoms with Crippen molar-refractivity contribution in [1.82, 2.24) is 24.9 Å². The molecule has 0 radical (unpaired) electrons. The first-order valence-corrected chi connectivity index (χ1v) is 8.67. The summed E-state index contributed by atoms with van der Waals surface area (Å²) in [5.74, 6) is 0.918. The van der Waals surface area contributed by atoms with Crippen LogP contribution in [-0.2, 0) is 11.3 Å². The Balaban J connectivity index is 1.79. The third-order valence-corrected chi connectivity index (χ3v) is 3.81. The van der Waals surface area contributed by atoms with E-state index in [9.17, 15) is 4.79 Å². The van der Waals surface area contributed by atoms with Gasteiger partial charge in [0.1, 0.15) is 0 Å². The molecule has 2 heterocycles. The smallest absolute Gasteiger partial charge is 0.409 e. The van der Waals surface area contributed by atoms with Gasteiger partial charge in [-0.2, -0.15) is 5.10 Å². The summed E-state index contributed by atoms with van der Waals surface area (Å²) < 4.78 is 6.97. The largest absolute Gasteiger partial charge is 0.450 e. The van der Waals surface area contributed by atoms with Crippen molar-refractivity contribution in [3.63, 3.8) is 0 Å². The number of carbonyl (C=O) groups excluding carboxylic acids is 1. The van der Waals surface area contributed by atoms with E-state index in [0.29, 0.717) is 19.7 Å². The number of ether oxygens (including phenoxy) is 1. The van der Waals surface area contributed by atoms with Crippen LogP contribution in [0.25, 0.3) is 0 Å². The molecular formula is C16H28N6O2. The van der Waals surface area contributed by atoms with Crippen LogP contribution < -0.4 is 5.32 Å². The summed E-state index contributed by atoms with van der Waals surface area (Å²) in [4.78, 5) is 20.4. The number of nitrogens with zero attached hydrogens (tertiary/aromatic N) is 5. The van der Waals surface area contributed by atoms with Crippen LogP contribution >= 0.6 is 0 Å². The van der Waals surface area contributed by atoms with Gasteiger partial charge >= 0.3 is 6.09 Å². The molecule has 0 atom stereocenters. The molecule has 0 unspecified atom stereocenters. The van der Waals surface area contributed by atoms with Crippen LogP contribution in [0.4, 0.5) is 4.79 Å². The minimum Gasteiger partial charge on any atom is -0.450 e. The first-order chi connectivity index (χ1) is 11.7. The number of piperazine rings is 1. The highest BCUT2D eigenvalue weighted by atomic mass is 16.6. The van der Waals surface area contributed by atoms with Crippen LogP contribution in [0.15, 0.2) is 23.5 Å². The first kappa shape index (κ1) is 18.1. The molecule has 0 bridgehead atoms. The van der Waals surface area contributed by atoms with Gasteiger partial charge in [-0.25, -0.2) is 4.79 Å². The van der Waals surface area contributed by atoms with Crippen LogP contribution in [0.2, 0.25) is 0 Å². The number of hydrogen-bond acceptors (Lipinski definition) is 4. The Hall–Kier alpha value is -2.25. The van der Waals surface area contributed by atoms with Crippen molar-refractivity contribution in [3.05, 3.63) is 18.5 Å². The minimum atomic E-state index is -0.224. The fourth-order valence-corrected chi connectivity index (χ4v) is 2.59. The van der Waals surface area contributed by atoms with E-state index in [-0.39, 0.29) is 6.09 Å². The number of hydrogen-bond donors (Lipinski definition) is 1.